The summed E-state index contributed by atoms with van der Waals surface area (Å²) in [4.78, 5) is 16.1. The molecule has 7 heteroatoms. The fraction of sp³-hybridized carbons (Fsp3) is 0.429. The number of halogens is 3. The summed E-state index contributed by atoms with van der Waals surface area (Å²) in [6.07, 6.45) is -3.29. The van der Waals surface area contributed by atoms with Gasteiger partial charge in [-0.3, -0.25) is 0 Å². The predicted molar refractivity (Wildman–Crippen MR) is 70.3 cm³/mol. The summed E-state index contributed by atoms with van der Waals surface area (Å²) in [6.45, 7) is 3.89. The first-order valence-electron chi connectivity index (χ1n) is 6.54. The van der Waals surface area contributed by atoms with Gasteiger partial charge >= 0.3 is 12.0 Å². The van der Waals surface area contributed by atoms with E-state index in [0.717, 1.165) is 25.0 Å². The van der Waals surface area contributed by atoms with Gasteiger partial charge in [-0.05, 0) is 31.0 Å². The molecular weight excluding hydrogens is 287 g/mol. The van der Waals surface area contributed by atoms with Crippen molar-refractivity contribution in [3.05, 3.63) is 34.5 Å². The Balaban J connectivity index is 2.48. The number of benzene rings is 1. The summed E-state index contributed by atoms with van der Waals surface area (Å²) in [5.74, 6) is -0.158. The quantitative estimate of drug-likeness (QED) is 0.856. The number of hydrogen-bond acceptors (Lipinski definition) is 4. The van der Waals surface area contributed by atoms with E-state index < -0.39 is 17.7 Å². The second kappa shape index (κ2) is 5.75. The van der Waals surface area contributed by atoms with Gasteiger partial charge in [0.15, 0.2) is 0 Å². The van der Waals surface area contributed by atoms with Gasteiger partial charge < -0.3 is 9.15 Å². The third-order valence-corrected chi connectivity index (χ3v) is 3.18. The Bertz CT molecular complexity index is 690. The summed E-state index contributed by atoms with van der Waals surface area (Å²) in [7, 11) is 0. The Morgan fingerprint density at radius 1 is 1.29 bits per heavy atom. The first-order chi connectivity index (χ1) is 9.84. The van der Waals surface area contributed by atoms with Gasteiger partial charge in [-0.2, -0.15) is 0 Å². The number of fused-ring (bicyclic) bond motifs is 1. The summed E-state index contributed by atoms with van der Waals surface area (Å²) in [5, 5.41) is -0.0357. The van der Waals surface area contributed by atoms with Crippen LogP contribution in [0.2, 0.25) is 0 Å². The molecule has 0 saturated carbocycles. The summed E-state index contributed by atoms with van der Waals surface area (Å²) in [5.41, 5.74) is -0.419. The monoisotopic (exact) mass is 301 g/mol. The number of nitrogens with zero attached hydrogens (tertiary/aromatic N) is 1. The van der Waals surface area contributed by atoms with E-state index in [-0.39, 0.29) is 11.3 Å². The third kappa shape index (κ3) is 3.53. The molecule has 0 aliphatic rings. The van der Waals surface area contributed by atoms with Gasteiger partial charge in [0.25, 0.3) is 0 Å². The van der Waals surface area contributed by atoms with Crippen molar-refractivity contribution in [1.29, 1.82) is 0 Å². The van der Waals surface area contributed by atoms with Crippen LogP contribution in [0, 0.1) is 0 Å². The predicted octanol–water partition coefficient (Wildman–Crippen LogP) is 3.99. The normalized spacial score (nSPS) is 12.1. The minimum absolute atomic E-state index is 0.00759. The summed E-state index contributed by atoms with van der Waals surface area (Å²) >= 11 is 0. The molecule has 0 saturated heterocycles. The van der Waals surface area contributed by atoms with Crippen LogP contribution in [0.25, 0.3) is 10.9 Å². The van der Waals surface area contributed by atoms with Crippen LogP contribution in [0.1, 0.15) is 38.5 Å². The average Bonchev–Trinajstić information content (AvgIpc) is 2.39. The van der Waals surface area contributed by atoms with Gasteiger partial charge in [-0.25, -0.2) is 9.78 Å². The van der Waals surface area contributed by atoms with Crippen molar-refractivity contribution in [2.75, 3.05) is 0 Å². The van der Waals surface area contributed by atoms with Crippen molar-refractivity contribution in [3.63, 3.8) is 0 Å². The van der Waals surface area contributed by atoms with Crippen molar-refractivity contribution in [3.8, 4) is 5.75 Å². The number of hydrogen-bond donors (Lipinski definition) is 0. The number of aromatic nitrogens is 1. The summed E-state index contributed by atoms with van der Waals surface area (Å²) < 4.78 is 45.4. The van der Waals surface area contributed by atoms with E-state index in [9.17, 15) is 18.0 Å². The van der Waals surface area contributed by atoms with E-state index in [4.69, 9.17) is 4.42 Å². The minimum Gasteiger partial charge on any atom is -0.408 e. The molecular formula is C14H14F3NO3. The van der Waals surface area contributed by atoms with E-state index in [1.807, 2.05) is 13.8 Å². The highest BCUT2D eigenvalue weighted by Crippen LogP contribution is 2.26. The molecule has 1 aromatic carbocycles. The van der Waals surface area contributed by atoms with Crippen LogP contribution in [0.5, 0.6) is 5.75 Å². The van der Waals surface area contributed by atoms with Gasteiger partial charge in [0.2, 0.25) is 5.89 Å². The smallest absolute Gasteiger partial charge is 0.408 e. The van der Waals surface area contributed by atoms with Crippen LogP contribution < -0.4 is 10.4 Å². The van der Waals surface area contributed by atoms with Crippen LogP contribution in [-0.4, -0.2) is 11.3 Å². The van der Waals surface area contributed by atoms with Crippen LogP contribution in [0.3, 0.4) is 0 Å². The van der Waals surface area contributed by atoms with E-state index >= 15 is 0 Å². The second-order valence-electron chi connectivity index (χ2n) is 4.58. The van der Waals surface area contributed by atoms with Gasteiger partial charge in [-0.15, -0.1) is 13.2 Å². The molecule has 1 heterocycles. The lowest BCUT2D eigenvalue weighted by molar-refractivity contribution is -0.274. The lowest BCUT2D eigenvalue weighted by atomic mass is 10.0. The third-order valence-electron chi connectivity index (χ3n) is 3.18. The SMILES string of the molecule is CCC(CC)c1nc2ccc(OC(F)(F)F)cc2c(=O)o1. The van der Waals surface area contributed by atoms with Gasteiger partial charge in [0.1, 0.15) is 5.75 Å². The molecule has 0 aliphatic heterocycles. The maximum atomic E-state index is 12.2. The fourth-order valence-corrected chi connectivity index (χ4v) is 2.08. The Hall–Kier alpha value is -2.05. The van der Waals surface area contributed by atoms with Gasteiger partial charge in [-0.1, -0.05) is 13.8 Å². The molecule has 0 aliphatic carbocycles. The Morgan fingerprint density at radius 2 is 1.95 bits per heavy atom. The highest BCUT2D eigenvalue weighted by molar-refractivity contribution is 5.78. The maximum Gasteiger partial charge on any atom is 0.573 e. The molecule has 4 nitrogen and oxygen atoms in total. The van der Waals surface area contributed by atoms with Crippen LogP contribution in [0.4, 0.5) is 13.2 Å². The zero-order chi connectivity index (χ0) is 15.6. The van der Waals surface area contributed by atoms with Crippen molar-refractivity contribution >= 4 is 10.9 Å². The Kier molecular flexibility index (Phi) is 4.20. The zero-order valence-electron chi connectivity index (χ0n) is 11.5. The molecule has 0 amide bonds. The van der Waals surface area contributed by atoms with Crippen LogP contribution in [0.15, 0.2) is 27.4 Å². The topological polar surface area (TPSA) is 52.3 Å². The number of rotatable bonds is 4. The molecule has 21 heavy (non-hydrogen) atoms. The molecule has 0 unspecified atom stereocenters. The molecule has 0 N–H and O–H groups in total. The zero-order valence-corrected chi connectivity index (χ0v) is 11.5. The van der Waals surface area contributed by atoms with Crippen molar-refractivity contribution < 1.29 is 22.3 Å². The molecule has 2 aromatic rings. The number of alkyl halides is 3. The van der Waals surface area contributed by atoms with Gasteiger partial charge in [0.05, 0.1) is 10.9 Å². The van der Waals surface area contributed by atoms with E-state index in [1.54, 1.807) is 0 Å². The van der Waals surface area contributed by atoms with E-state index in [0.29, 0.717) is 11.4 Å². The average molecular weight is 301 g/mol. The first-order valence-corrected chi connectivity index (χ1v) is 6.54. The lowest BCUT2D eigenvalue weighted by Crippen LogP contribution is -2.17. The van der Waals surface area contributed by atoms with E-state index in [2.05, 4.69) is 9.72 Å². The summed E-state index contributed by atoms with van der Waals surface area (Å²) in [6, 6.07) is 3.43. The van der Waals surface area contributed by atoms with Crippen LogP contribution in [-0.2, 0) is 0 Å². The molecule has 2 rings (SSSR count). The molecule has 0 atom stereocenters. The van der Waals surface area contributed by atoms with Crippen molar-refractivity contribution in [2.24, 2.45) is 0 Å². The number of ether oxygens (including phenoxy) is 1. The molecule has 0 spiro atoms. The molecule has 114 valence electrons. The molecule has 0 bridgehead atoms. The molecule has 0 fully saturated rings. The second-order valence-corrected chi connectivity index (χ2v) is 4.58. The lowest BCUT2D eigenvalue weighted by Gasteiger charge is -2.11. The van der Waals surface area contributed by atoms with Crippen LogP contribution >= 0.6 is 0 Å². The van der Waals surface area contributed by atoms with Crippen molar-refractivity contribution in [1.82, 2.24) is 4.98 Å². The van der Waals surface area contributed by atoms with E-state index in [1.165, 1.54) is 6.07 Å². The molecule has 1 aromatic heterocycles. The standard InChI is InChI=1S/C14H14F3NO3/c1-3-8(4-2)12-18-11-6-5-9(21-14(15,16)17)7-10(11)13(19)20-12/h5-8H,3-4H2,1-2H3. The highest BCUT2D eigenvalue weighted by atomic mass is 19.4. The fourth-order valence-electron chi connectivity index (χ4n) is 2.08. The molecule has 0 radical (unpaired) electrons. The minimum atomic E-state index is -4.81. The first kappa shape index (κ1) is 15.3. The van der Waals surface area contributed by atoms with Crippen molar-refractivity contribution in [2.45, 2.75) is 39.0 Å². The highest BCUT2D eigenvalue weighted by Gasteiger charge is 2.31. The largest absolute Gasteiger partial charge is 0.573 e. The van der Waals surface area contributed by atoms with Gasteiger partial charge in [0, 0.05) is 5.92 Å². The maximum absolute atomic E-state index is 12.2. The Labute approximate surface area is 118 Å². The Morgan fingerprint density at radius 3 is 2.52 bits per heavy atom.